The highest BCUT2D eigenvalue weighted by Crippen LogP contribution is 2.47. The Hall–Kier alpha value is -7.54. The summed E-state index contributed by atoms with van der Waals surface area (Å²) < 4.78 is 0. The molecule has 0 saturated heterocycles. The van der Waals surface area contributed by atoms with E-state index >= 15 is 0 Å². The number of hydrogen-bond acceptors (Lipinski definition) is 0. The zero-order valence-corrected chi connectivity index (χ0v) is 31.8. The summed E-state index contributed by atoms with van der Waals surface area (Å²) in [6.07, 6.45) is 0. The Kier molecular flexibility index (Phi) is 7.33. The molecular weight excluding hydrogens is 697 g/mol. The number of hydrogen-bond donors (Lipinski definition) is 0. The van der Waals surface area contributed by atoms with Crippen LogP contribution in [-0.2, 0) is 0 Å². The second-order valence-corrected chi connectivity index (χ2v) is 15.5. The van der Waals surface area contributed by atoms with E-state index in [1.807, 2.05) is 0 Å². The minimum absolute atomic E-state index is 1.22. The van der Waals surface area contributed by atoms with E-state index in [9.17, 15) is 0 Å². The quantitative estimate of drug-likeness (QED) is 0.158. The van der Waals surface area contributed by atoms with Crippen molar-refractivity contribution in [3.05, 3.63) is 218 Å². The first-order chi connectivity index (χ1) is 28.8. The first-order valence-corrected chi connectivity index (χ1v) is 20.2. The predicted octanol–water partition coefficient (Wildman–Crippen LogP) is 16.4. The summed E-state index contributed by atoms with van der Waals surface area (Å²) in [5.41, 5.74) is 9.93. The molecule has 0 saturated carbocycles. The van der Waals surface area contributed by atoms with Crippen molar-refractivity contribution in [1.29, 1.82) is 0 Å². The lowest BCUT2D eigenvalue weighted by Gasteiger charge is -2.19. The van der Waals surface area contributed by atoms with Crippen LogP contribution in [0.1, 0.15) is 0 Å². The van der Waals surface area contributed by atoms with Crippen molar-refractivity contribution in [2.24, 2.45) is 0 Å². The normalized spacial score (nSPS) is 11.8. The van der Waals surface area contributed by atoms with Crippen LogP contribution in [0.25, 0.3) is 120 Å². The van der Waals surface area contributed by atoms with E-state index in [1.54, 1.807) is 0 Å². The maximum absolute atomic E-state index is 2.46. The van der Waals surface area contributed by atoms with E-state index in [4.69, 9.17) is 0 Å². The maximum Gasteiger partial charge on any atom is -0.00137 e. The van der Waals surface area contributed by atoms with Gasteiger partial charge in [-0.1, -0.05) is 206 Å². The molecule has 0 fully saturated rings. The van der Waals surface area contributed by atoms with Crippen LogP contribution in [0, 0.1) is 0 Å². The molecular formula is C58H36. The van der Waals surface area contributed by atoms with Crippen molar-refractivity contribution < 1.29 is 0 Å². The molecule has 0 atom stereocenters. The molecule has 0 heterocycles. The molecule has 12 aromatic rings. The van der Waals surface area contributed by atoms with Crippen molar-refractivity contribution in [3.63, 3.8) is 0 Å². The van der Waals surface area contributed by atoms with Crippen LogP contribution in [0.4, 0.5) is 0 Å². The van der Waals surface area contributed by atoms with Crippen molar-refractivity contribution in [1.82, 2.24) is 0 Å². The average Bonchev–Trinajstić information content (AvgIpc) is 3.30. The van der Waals surface area contributed by atoms with Gasteiger partial charge in [-0.05, 0) is 132 Å². The molecule has 58 heavy (non-hydrogen) atoms. The van der Waals surface area contributed by atoms with Gasteiger partial charge in [0.25, 0.3) is 0 Å². The first-order valence-electron chi connectivity index (χ1n) is 20.2. The molecule has 0 radical (unpaired) electrons. The molecule has 0 aliphatic carbocycles. The van der Waals surface area contributed by atoms with E-state index in [0.29, 0.717) is 0 Å². The fraction of sp³-hybridized carbons (Fsp3) is 0. The Morgan fingerprint density at radius 1 is 0.172 bits per heavy atom. The monoisotopic (exact) mass is 732 g/mol. The number of rotatable bonds is 4. The van der Waals surface area contributed by atoms with Crippen molar-refractivity contribution in [2.75, 3.05) is 0 Å². The molecule has 0 spiro atoms. The van der Waals surface area contributed by atoms with E-state index in [0.717, 1.165) is 0 Å². The molecule has 0 aliphatic rings. The van der Waals surface area contributed by atoms with E-state index in [1.165, 1.54) is 120 Å². The second kappa shape index (κ2) is 13.0. The van der Waals surface area contributed by atoms with Crippen molar-refractivity contribution in [3.8, 4) is 44.5 Å². The molecule has 0 bridgehead atoms. The van der Waals surface area contributed by atoms with Gasteiger partial charge in [0.15, 0.2) is 0 Å². The van der Waals surface area contributed by atoms with Crippen molar-refractivity contribution in [2.45, 2.75) is 0 Å². The van der Waals surface area contributed by atoms with E-state index < -0.39 is 0 Å². The van der Waals surface area contributed by atoms with Crippen LogP contribution in [0.5, 0.6) is 0 Å². The van der Waals surface area contributed by atoms with Crippen LogP contribution in [-0.4, -0.2) is 0 Å². The molecule has 0 aromatic heterocycles. The minimum Gasteiger partial charge on any atom is -0.0616 e. The third-order valence-corrected chi connectivity index (χ3v) is 12.4. The van der Waals surface area contributed by atoms with E-state index in [-0.39, 0.29) is 0 Å². The fourth-order valence-corrected chi connectivity index (χ4v) is 9.76. The lowest BCUT2D eigenvalue weighted by molar-refractivity contribution is 1.63. The zero-order valence-electron chi connectivity index (χ0n) is 31.8. The standard InChI is InChI=1S/C58H36/c1-3-17-43-37(13-1)15-11-25-45(43)39-27-31-41(32-28-39)53-35-55-47-19-5-6-20-48(47)56-36-54(42-33-29-40(30-34-42)46-26-12-16-38-14-2-4-18-44(38)46)50-22-8-10-24-52(50)58(56)57(55)51-23-9-7-21-49(51)53/h1-36H. The van der Waals surface area contributed by atoms with Gasteiger partial charge in [0.2, 0.25) is 0 Å². The summed E-state index contributed by atoms with van der Waals surface area (Å²) in [5.74, 6) is 0. The second-order valence-electron chi connectivity index (χ2n) is 15.5. The summed E-state index contributed by atoms with van der Waals surface area (Å²) in [6, 6.07) is 80.8. The van der Waals surface area contributed by atoms with Gasteiger partial charge in [-0.3, -0.25) is 0 Å². The van der Waals surface area contributed by atoms with Crippen molar-refractivity contribution >= 4 is 75.4 Å². The van der Waals surface area contributed by atoms with Gasteiger partial charge in [0.1, 0.15) is 0 Å². The fourth-order valence-electron chi connectivity index (χ4n) is 9.76. The lowest BCUT2D eigenvalue weighted by Crippen LogP contribution is -1.91. The van der Waals surface area contributed by atoms with Crippen LogP contribution in [0.2, 0.25) is 0 Å². The Bertz CT molecular complexity index is 3340. The van der Waals surface area contributed by atoms with Gasteiger partial charge in [-0.15, -0.1) is 0 Å². The zero-order chi connectivity index (χ0) is 38.2. The number of fused-ring (bicyclic) bond motifs is 12. The molecule has 0 heteroatoms. The molecule has 0 N–H and O–H groups in total. The molecule has 0 nitrogen and oxygen atoms in total. The Morgan fingerprint density at radius 2 is 0.466 bits per heavy atom. The molecule has 12 rings (SSSR count). The third kappa shape index (κ3) is 5.02. The maximum atomic E-state index is 2.46. The summed E-state index contributed by atoms with van der Waals surface area (Å²) in [7, 11) is 0. The van der Waals surface area contributed by atoms with Gasteiger partial charge in [0, 0.05) is 0 Å². The SMILES string of the molecule is c1ccc2c(-c3ccc(-c4cc5c6ccccc6c6cc(-c7ccc(-c8cccc9ccccc89)cc7)c7ccccc7c6c5c5ccccc45)cc3)cccc2c1. The highest BCUT2D eigenvalue weighted by molar-refractivity contribution is 6.38. The van der Waals surface area contributed by atoms with Gasteiger partial charge in [0.05, 0.1) is 0 Å². The average molecular weight is 733 g/mol. The molecule has 268 valence electrons. The van der Waals surface area contributed by atoms with Crippen LogP contribution in [0.3, 0.4) is 0 Å². The highest BCUT2D eigenvalue weighted by Gasteiger charge is 2.19. The van der Waals surface area contributed by atoms with Gasteiger partial charge >= 0.3 is 0 Å². The lowest BCUT2D eigenvalue weighted by atomic mass is 9.84. The molecule has 0 aliphatic heterocycles. The van der Waals surface area contributed by atoms with Gasteiger partial charge in [-0.25, -0.2) is 0 Å². The topological polar surface area (TPSA) is 0 Å². The minimum atomic E-state index is 1.22. The van der Waals surface area contributed by atoms with Crippen LogP contribution >= 0.6 is 0 Å². The Balaban J connectivity index is 1.08. The van der Waals surface area contributed by atoms with Crippen LogP contribution in [0.15, 0.2) is 218 Å². The third-order valence-electron chi connectivity index (χ3n) is 12.4. The molecule has 0 amide bonds. The van der Waals surface area contributed by atoms with Gasteiger partial charge in [-0.2, -0.15) is 0 Å². The Morgan fingerprint density at radius 3 is 0.862 bits per heavy atom. The van der Waals surface area contributed by atoms with Gasteiger partial charge < -0.3 is 0 Å². The molecule has 12 aromatic carbocycles. The summed E-state index contributed by atoms with van der Waals surface area (Å²) in [6.45, 7) is 0. The highest BCUT2D eigenvalue weighted by atomic mass is 14.2. The number of benzene rings is 12. The smallest absolute Gasteiger partial charge is 0.00137 e. The summed E-state index contributed by atoms with van der Waals surface area (Å²) in [4.78, 5) is 0. The summed E-state index contributed by atoms with van der Waals surface area (Å²) >= 11 is 0. The first kappa shape index (κ1) is 32.7. The largest absolute Gasteiger partial charge is 0.0616 e. The van der Waals surface area contributed by atoms with Crippen LogP contribution < -0.4 is 0 Å². The molecule has 0 unspecified atom stereocenters. The van der Waals surface area contributed by atoms with E-state index in [2.05, 4.69) is 218 Å². The summed E-state index contributed by atoms with van der Waals surface area (Å²) in [5, 5.41) is 17.9. The predicted molar refractivity (Wildman–Crippen MR) is 251 cm³/mol. The Labute approximate surface area is 336 Å².